The zero-order chi connectivity index (χ0) is 13.6. The third-order valence-corrected chi connectivity index (χ3v) is 7.08. The van der Waals surface area contributed by atoms with Gasteiger partial charge in [0.25, 0.3) is 0 Å². The minimum atomic E-state index is 0.299. The first-order valence-corrected chi connectivity index (χ1v) is 8.49. The van der Waals surface area contributed by atoms with Gasteiger partial charge in [-0.2, -0.15) is 0 Å². The molecule has 2 aliphatic carbocycles. The van der Waals surface area contributed by atoms with Crippen molar-refractivity contribution < 1.29 is 0 Å². The molecule has 1 unspecified atom stereocenters. The molecule has 1 saturated heterocycles. The van der Waals surface area contributed by atoms with Crippen molar-refractivity contribution in [3.8, 4) is 0 Å². The fourth-order valence-corrected chi connectivity index (χ4v) is 5.52. The first kappa shape index (κ1) is 13.9. The van der Waals surface area contributed by atoms with E-state index in [1.54, 1.807) is 0 Å². The molecule has 1 aliphatic heterocycles. The minimum absolute atomic E-state index is 0.299. The average Bonchev–Trinajstić information content (AvgIpc) is 2.96. The van der Waals surface area contributed by atoms with Crippen molar-refractivity contribution in [1.82, 2.24) is 4.90 Å². The summed E-state index contributed by atoms with van der Waals surface area (Å²) >= 11 is 0. The molecule has 0 aromatic rings. The Balaban J connectivity index is 1.73. The molecular formula is C17H32N2. The van der Waals surface area contributed by atoms with Gasteiger partial charge in [0.05, 0.1) is 0 Å². The second-order valence-corrected chi connectivity index (χ2v) is 8.17. The number of hydrogen-bond acceptors (Lipinski definition) is 2. The normalized spacial score (nSPS) is 38.1. The van der Waals surface area contributed by atoms with Crippen LogP contribution in [0.1, 0.15) is 71.6 Å². The molecule has 0 radical (unpaired) electrons. The SMILES string of the molecule is CC1(C)CCCC1(CN)N1CCC2(CCCC2)CC1. The molecule has 0 aromatic heterocycles. The summed E-state index contributed by atoms with van der Waals surface area (Å²) in [6, 6.07) is 0. The Morgan fingerprint density at radius 1 is 0.842 bits per heavy atom. The summed E-state index contributed by atoms with van der Waals surface area (Å²) in [5.74, 6) is 0. The second-order valence-electron chi connectivity index (χ2n) is 8.17. The van der Waals surface area contributed by atoms with Crippen molar-refractivity contribution >= 4 is 0 Å². The molecule has 1 spiro atoms. The third kappa shape index (κ3) is 2.06. The molecule has 2 saturated carbocycles. The largest absolute Gasteiger partial charge is 0.329 e. The predicted octanol–water partition coefficient (Wildman–Crippen LogP) is 3.55. The van der Waals surface area contributed by atoms with Crippen molar-refractivity contribution in [1.29, 1.82) is 0 Å². The van der Waals surface area contributed by atoms with Gasteiger partial charge in [-0.25, -0.2) is 0 Å². The van der Waals surface area contributed by atoms with Crippen molar-refractivity contribution in [3.63, 3.8) is 0 Å². The number of nitrogens with zero attached hydrogens (tertiary/aromatic N) is 1. The van der Waals surface area contributed by atoms with Gasteiger partial charge in [-0.1, -0.05) is 33.1 Å². The van der Waals surface area contributed by atoms with E-state index in [1.807, 2.05) is 0 Å². The van der Waals surface area contributed by atoms with Crippen molar-refractivity contribution in [2.24, 2.45) is 16.6 Å². The van der Waals surface area contributed by atoms with E-state index in [2.05, 4.69) is 18.7 Å². The van der Waals surface area contributed by atoms with E-state index in [0.717, 1.165) is 12.0 Å². The number of rotatable bonds is 2. The molecular weight excluding hydrogens is 232 g/mol. The van der Waals surface area contributed by atoms with Gasteiger partial charge in [0.15, 0.2) is 0 Å². The summed E-state index contributed by atoms with van der Waals surface area (Å²) in [6.07, 6.45) is 12.9. The second kappa shape index (κ2) is 4.73. The maximum Gasteiger partial charge on any atom is 0.0382 e. The molecule has 19 heavy (non-hydrogen) atoms. The fourth-order valence-electron chi connectivity index (χ4n) is 5.52. The van der Waals surface area contributed by atoms with Gasteiger partial charge in [0, 0.05) is 12.1 Å². The Morgan fingerprint density at radius 2 is 1.47 bits per heavy atom. The maximum absolute atomic E-state index is 6.28. The summed E-state index contributed by atoms with van der Waals surface area (Å²) in [5.41, 5.74) is 7.71. The van der Waals surface area contributed by atoms with Gasteiger partial charge in [-0.15, -0.1) is 0 Å². The van der Waals surface area contributed by atoms with Gasteiger partial charge in [0.2, 0.25) is 0 Å². The summed E-state index contributed by atoms with van der Waals surface area (Å²) in [4.78, 5) is 2.80. The van der Waals surface area contributed by atoms with Crippen molar-refractivity contribution in [2.45, 2.75) is 77.2 Å². The van der Waals surface area contributed by atoms with Crippen LogP contribution in [0.4, 0.5) is 0 Å². The third-order valence-electron chi connectivity index (χ3n) is 7.08. The minimum Gasteiger partial charge on any atom is -0.329 e. The zero-order valence-electron chi connectivity index (χ0n) is 13.0. The first-order valence-electron chi connectivity index (χ1n) is 8.49. The Kier molecular flexibility index (Phi) is 3.46. The van der Waals surface area contributed by atoms with Crippen molar-refractivity contribution in [2.75, 3.05) is 19.6 Å². The van der Waals surface area contributed by atoms with Crippen LogP contribution >= 0.6 is 0 Å². The van der Waals surface area contributed by atoms with E-state index in [0.29, 0.717) is 11.0 Å². The Hall–Kier alpha value is -0.0800. The van der Waals surface area contributed by atoms with E-state index in [4.69, 9.17) is 5.73 Å². The van der Waals surface area contributed by atoms with Gasteiger partial charge < -0.3 is 5.73 Å². The van der Waals surface area contributed by atoms with Crippen molar-refractivity contribution in [3.05, 3.63) is 0 Å². The summed E-state index contributed by atoms with van der Waals surface area (Å²) in [7, 11) is 0. The summed E-state index contributed by atoms with van der Waals surface area (Å²) in [6.45, 7) is 8.37. The summed E-state index contributed by atoms with van der Waals surface area (Å²) in [5, 5.41) is 0. The lowest BCUT2D eigenvalue weighted by molar-refractivity contribution is -0.0292. The van der Waals surface area contributed by atoms with Crippen LogP contribution in [0.25, 0.3) is 0 Å². The molecule has 110 valence electrons. The van der Waals surface area contributed by atoms with E-state index in [-0.39, 0.29) is 0 Å². The van der Waals surface area contributed by atoms with Crippen LogP contribution in [0.2, 0.25) is 0 Å². The topological polar surface area (TPSA) is 29.3 Å². The van der Waals surface area contributed by atoms with Gasteiger partial charge in [-0.05, 0) is 62.4 Å². The van der Waals surface area contributed by atoms with Crippen LogP contribution in [0.15, 0.2) is 0 Å². The van der Waals surface area contributed by atoms with E-state index in [9.17, 15) is 0 Å². The Morgan fingerprint density at radius 3 is 1.95 bits per heavy atom. The van der Waals surface area contributed by atoms with Gasteiger partial charge >= 0.3 is 0 Å². The monoisotopic (exact) mass is 264 g/mol. The molecule has 2 nitrogen and oxygen atoms in total. The molecule has 2 N–H and O–H groups in total. The number of piperidine rings is 1. The van der Waals surface area contributed by atoms with Gasteiger partial charge in [0.1, 0.15) is 0 Å². The number of likely N-dealkylation sites (tertiary alicyclic amines) is 1. The molecule has 3 fully saturated rings. The Labute approximate surface area is 119 Å². The molecule has 0 amide bonds. The van der Waals surface area contributed by atoms with Gasteiger partial charge in [-0.3, -0.25) is 4.90 Å². The lowest BCUT2D eigenvalue weighted by Crippen LogP contribution is -2.62. The Bertz CT molecular complexity index is 320. The molecule has 3 aliphatic rings. The maximum atomic E-state index is 6.28. The van der Waals surface area contributed by atoms with Crippen LogP contribution in [0.5, 0.6) is 0 Å². The van der Waals surface area contributed by atoms with E-state index < -0.39 is 0 Å². The molecule has 0 aromatic carbocycles. The lowest BCUT2D eigenvalue weighted by Gasteiger charge is -2.53. The number of nitrogens with two attached hydrogens (primary N) is 1. The first-order chi connectivity index (χ1) is 9.04. The predicted molar refractivity (Wildman–Crippen MR) is 81.1 cm³/mol. The standard InChI is InChI=1S/C17H32N2/c1-15(2)6-5-9-17(15,14-18)19-12-10-16(11-13-19)7-3-4-8-16/h3-14,18H2,1-2H3. The fraction of sp³-hybridized carbons (Fsp3) is 1.00. The summed E-state index contributed by atoms with van der Waals surface area (Å²) < 4.78 is 0. The van der Waals surface area contributed by atoms with Crippen LogP contribution < -0.4 is 5.73 Å². The van der Waals surface area contributed by atoms with E-state index in [1.165, 1.54) is 70.9 Å². The molecule has 1 heterocycles. The quantitative estimate of drug-likeness (QED) is 0.826. The highest BCUT2D eigenvalue weighted by Gasteiger charge is 2.53. The van der Waals surface area contributed by atoms with E-state index >= 15 is 0 Å². The highest BCUT2D eigenvalue weighted by molar-refractivity contribution is 5.08. The van der Waals surface area contributed by atoms with Crippen LogP contribution in [-0.4, -0.2) is 30.1 Å². The lowest BCUT2D eigenvalue weighted by atomic mass is 9.70. The average molecular weight is 264 g/mol. The molecule has 2 heteroatoms. The van der Waals surface area contributed by atoms with Crippen LogP contribution in [-0.2, 0) is 0 Å². The molecule has 1 atom stereocenters. The van der Waals surface area contributed by atoms with Crippen LogP contribution in [0.3, 0.4) is 0 Å². The highest BCUT2D eigenvalue weighted by Crippen LogP contribution is 2.53. The number of hydrogen-bond donors (Lipinski definition) is 1. The molecule has 3 rings (SSSR count). The highest BCUT2D eigenvalue weighted by atomic mass is 15.2. The smallest absolute Gasteiger partial charge is 0.0382 e. The molecule has 0 bridgehead atoms. The zero-order valence-corrected chi connectivity index (χ0v) is 13.0. The van der Waals surface area contributed by atoms with Crippen LogP contribution in [0, 0.1) is 10.8 Å².